The Labute approximate surface area is 125 Å². The lowest BCUT2D eigenvalue weighted by Crippen LogP contribution is -2.87. The summed E-state index contributed by atoms with van der Waals surface area (Å²) in [6, 6.07) is 7.36. The molecule has 1 heterocycles. The Bertz CT molecular complexity index is 630. The van der Waals surface area contributed by atoms with Crippen LogP contribution >= 0.6 is 11.6 Å². The molecule has 0 saturated heterocycles. The molecule has 1 saturated carbocycles. The van der Waals surface area contributed by atoms with Gasteiger partial charge in [0.1, 0.15) is 11.7 Å². The maximum Gasteiger partial charge on any atom is 0.138 e. The first-order valence-electron chi connectivity index (χ1n) is 7.53. The number of aromatic nitrogens is 1. The molecule has 0 unspecified atom stereocenters. The van der Waals surface area contributed by atoms with Gasteiger partial charge in [-0.05, 0) is 57.2 Å². The van der Waals surface area contributed by atoms with Gasteiger partial charge in [0.05, 0.1) is 11.6 Å². The Kier molecular flexibility index (Phi) is 3.95. The number of aryl methyl sites for hydroxylation is 2. The van der Waals surface area contributed by atoms with Crippen LogP contribution < -0.4 is 5.32 Å². The summed E-state index contributed by atoms with van der Waals surface area (Å²) < 4.78 is 0. The van der Waals surface area contributed by atoms with Crippen molar-refractivity contribution in [1.29, 1.82) is 0 Å². The molecule has 0 radical (unpaired) electrons. The number of nitrogens with zero attached hydrogens (tertiary/aromatic N) is 1. The summed E-state index contributed by atoms with van der Waals surface area (Å²) in [5, 5.41) is 4.31. The fourth-order valence-corrected chi connectivity index (χ4v) is 3.52. The van der Waals surface area contributed by atoms with Crippen molar-refractivity contribution in [2.24, 2.45) is 0 Å². The summed E-state index contributed by atoms with van der Waals surface area (Å²) in [6.07, 6.45) is 5.44. The van der Waals surface area contributed by atoms with Gasteiger partial charge < -0.3 is 5.32 Å². The van der Waals surface area contributed by atoms with Crippen molar-refractivity contribution in [3.8, 4) is 0 Å². The second-order valence-electron chi connectivity index (χ2n) is 6.08. The Morgan fingerprint density at radius 1 is 1.20 bits per heavy atom. The molecule has 1 aromatic carbocycles. The number of nitrogens with two attached hydrogens (primary N) is 1. The lowest BCUT2D eigenvalue weighted by atomic mass is 10.1. The summed E-state index contributed by atoms with van der Waals surface area (Å²) in [4.78, 5) is 4.61. The van der Waals surface area contributed by atoms with Gasteiger partial charge in [0.2, 0.25) is 0 Å². The van der Waals surface area contributed by atoms with Crippen LogP contribution in [0.2, 0.25) is 5.15 Å². The van der Waals surface area contributed by atoms with E-state index in [4.69, 9.17) is 11.6 Å². The smallest absolute Gasteiger partial charge is 0.138 e. The fourth-order valence-electron chi connectivity index (χ4n) is 3.30. The quantitative estimate of drug-likeness (QED) is 0.861. The van der Waals surface area contributed by atoms with Gasteiger partial charge in [-0.1, -0.05) is 23.2 Å². The molecule has 3 rings (SSSR count). The normalized spacial score (nSPS) is 16.1. The van der Waals surface area contributed by atoms with E-state index < -0.39 is 0 Å². The Morgan fingerprint density at radius 2 is 1.95 bits per heavy atom. The van der Waals surface area contributed by atoms with E-state index in [0.29, 0.717) is 5.15 Å². The molecule has 2 nitrogen and oxygen atoms in total. The maximum atomic E-state index is 6.37. The predicted molar refractivity (Wildman–Crippen MR) is 84.1 cm³/mol. The Balaban J connectivity index is 1.88. The van der Waals surface area contributed by atoms with E-state index in [9.17, 15) is 0 Å². The highest BCUT2D eigenvalue weighted by Crippen LogP contribution is 2.24. The van der Waals surface area contributed by atoms with Crippen molar-refractivity contribution in [3.05, 3.63) is 40.0 Å². The molecule has 0 bridgehead atoms. The van der Waals surface area contributed by atoms with Gasteiger partial charge in [0.15, 0.2) is 0 Å². The highest BCUT2D eigenvalue weighted by Gasteiger charge is 2.18. The number of fused-ring (bicyclic) bond motifs is 1. The molecule has 0 atom stereocenters. The zero-order chi connectivity index (χ0) is 14.1. The second-order valence-corrected chi connectivity index (χ2v) is 6.43. The number of hydrogen-bond donors (Lipinski definition) is 1. The van der Waals surface area contributed by atoms with Crippen molar-refractivity contribution >= 4 is 22.5 Å². The minimum Gasteiger partial charge on any atom is -0.340 e. The minimum absolute atomic E-state index is 0.665. The molecule has 0 aliphatic heterocycles. The summed E-state index contributed by atoms with van der Waals surface area (Å²) in [7, 11) is 0. The van der Waals surface area contributed by atoms with Gasteiger partial charge in [-0.2, -0.15) is 0 Å². The first kappa shape index (κ1) is 13.8. The van der Waals surface area contributed by atoms with Gasteiger partial charge >= 0.3 is 0 Å². The molecular formula is C17H22ClN2+. The maximum absolute atomic E-state index is 6.37. The highest BCUT2D eigenvalue weighted by atomic mass is 35.5. The average molecular weight is 290 g/mol. The third kappa shape index (κ3) is 2.82. The van der Waals surface area contributed by atoms with E-state index in [2.05, 4.69) is 42.3 Å². The number of rotatable bonds is 3. The topological polar surface area (TPSA) is 29.5 Å². The average Bonchev–Trinajstić information content (AvgIpc) is 2.90. The zero-order valence-electron chi connectivity index (χ0n) is 12.2. The van der Waals surface area contributed by atoms with Crippen LogP contribution in [0.5, 0.6) is 0 Å². The van der Waals surface area contributed by atoms with Crippen LogP contribution in [0.15, 0.2) is 18.2 Å². The summed E-state index contributed by atoms with van der Waals surface area (Å²) in [6.45, 7) is 5.17. The van der Waals surface area contributed by atoms with Crippen LogP contribution in [-0.4, -0.2) is 11.0 Å². The highest BCUT2D eigenvalue weighted by molar-refractivity contribution is 6.30. The van der Waals surface area contributed by atoms with E-state index in [1.807, 2.05) is 0 Å². The predicted octanol–water partition coefficient (Wildman–Crippen LogP) is 3.51. The first-order chi connectivity index (χ1) is 9.63. The van der Waals surface area contributed by atoms with Crippen LogP contribution in [0.4, 0.5) is 0 Å². The third-order valence-electron chi connectivity index (χ3n) is 4.35. The van der Waals surface area contributed by atoms with Crippen LogP contribution in [0, 0.1) is 13.8 Å². The Morgan fingerprint density at radius 3 is 2.70 bits per heavy atom. The number of hydrogen-bond acceptors (Lipinski definition) is 1. The van der Waals surface area contributed by atoms with Crippen molar-refractivity contribution < 1.29 is 5.32 Å². The van der Waals surface area contributed by atoms with Gasteiger partial charge in [-0.3, -0.25) is 0 Å². The summed E-state index contributed by atoms with van der Waals surface area (Å²) in [5.74, 6) is 0. The van der Waals surface area contributed by atoms with E-state index in [1.165, 1.54) is 42.2 Å². The van der Waals surface area contributed by atoms with E-state index in [1.54, 1.807) is 0 Å². The molecule has 0 spiro atoms. The van der Waals surface area contributed by atoms with Crippen LogP contribution in [0.1, 0.15) is 42.4 Å². The van der Waals surface area contributed by atoms with Crippen LogP contribution in [0.3, 0.4) is 0 Å². The van der Waals surface area contributed by atoms with Crippen molar-refractivity contribution in [2.75, 3.05) is 0 Å². The monoisotopic (exact) mass is 289 g/mol. The van der Waals surface area contributed by atoms with Gasteiger partial charge in [0.25, 0.3) is 0 Å². The zero-order valence-corrected chi connectivity index (χ0v) is 13.0. The molecule has 1 aromatic heterocycles. The number of halogens is 1. The lowest BCUT2D eigenvalue weighted by molar-refractivity contribution is -0.703. The Hall–Kier alpha value is -1.12. The number of benzene rings is 1. The standard InChI is InChI=1S/C17H21ClN2/c1-11-7-12(2)16-13(8-11)9-14(17(18)20-16)10-19-15-5-3-4-6-15/h7-9,15,19H,3-6,10H2,1-2H3/p+1. The van der Waals surface area contributed by atoms with Gasteiger partial charge in [-0.25, -0.2) is 4.98 Å². The molecule has 3 heteroatoms. The molecule has 20 heavy (non-hydrogen) atoms. The van der Waals surface area contributed by atoms with Gasteiger partial charge in [0, 0.05) is 10.9 Å². The minimum atomic E-state index is 0.665. The van der Waals surface area contributed by atoms with Crippen molar-refractivity contribution in [3.63, 3.8) is 0 Å². The molecule has 1 aliphatic carbocycles. The summed E-state index contributed by atoms with van der Waals surface area (Å²) >= 11 is 6.37. The molecular weight excluding hydrogens is 268 g/mol. The van der Waals surface area contributed by atoms with E-state index in [-0.39, 0.29) is 0 Å². The second kappa shape index (κ2) is 5.71. The number of quaternary nitrogens is 1. The molecule has 2 N–H and O–H groups in total. The van der Waals surface area contributed by atoms with Crippen LogP contribution in [0.25, 0.3) is 10.9 Å². The largest absolute Gasteiger partial charge is 0.340 e. The third-order valence-corrected chi connectivity index (χ3v) is 4.68. The molecule has 106 valence electrons. The molecule has 2 aromatic rings. The van der Waals surface area contributed by atoms with Crippen molar-refractivity contribution in [2.45, 2.75) is 52.1 Å². The van der Waals surface area contributed by atoms with E-state index >= 15 is 0 Å². The molecule has 0 amide bonds. The first-order valence-corrected chi connectivity index (χ1v) is 7.91. The van der Waals surface area contributed by atoms with Gasteiger partial charge in [-0.15, -0.1) is 0 Å². The SMILES string of the molecule is Cc1cc(C)c2nc(Cl)c(C[NH2+]C3CCCC3)cc2c1. The van der Waals surface area contributed by atoms with Crippen molar-refractivity contribution in [1.82, 2.24) is 4.98 Å². The lowest BCUT2D eigenvalue weighted by Gasteiger charge is -2.11. The molecule has 1 fully saturated rings. The molecule has 1 aliphatic rings. The van der Waals surface area contributed by atoms with Crippen LogP contribution in [-0.2, 0) is 6.54 Å². The fraction of sp³-hybridized carbons (Fsp3) is 0.471. The number of pyridine rings is 1. The van der Waals surface area contributed by atoms with E-state index in [0.717, 1.165) is 23.7 Å². The summed E-state index contributed by atoms with van der Waals surface area (Å²) in [5.41, 5.74) is 4.68.